The summed E-state index contributed by atoms with van der Waals surface area (Å²) in [4.78, 5) is 11.9. The van der Waals surface area contributed by atoms with E-state index in [-0.39, 0.29) is 5.91 Å². The van der Waals surface area contributed by atoms with Gasteiger partial charge in [-0.2, -0.15) is 5.10 Å². The molecule has 4 heteroatoms. The Labute approximate surface area is 120 Å². The second kappa shape index (κ2) is 6.29. The van der Waals surface area contributed by atoms with E-state index in [0.29, 0.717) is 5.56 Å². The highest BCUT2D eigenvalue weighted by Gasteiger charge is 2.07. The van der Waals surface area contributed by atoms with Crippen molar-refractivity contribution < 1.29 is 4.79 Å². The number of hydrogen-bond acceptors (Lipinski definition) is 2. The minimum atomic E-state index is -0.239. The van der Waals surface area contributed by atoms with E-state index in [1.807, 2.05) is 49.4 Å². The summed E-state index contributed by atoms with van der Waals surface area (Å²) < 4.78 is 0.748. The molecule has 96 valence electrons. The van der Waals surface area contributed by atoms with E-state index in [2.05, 4.69) is 26.5 Å². The van der Waals surface area contributed by atoms with Gasteiger partial charge < -0.3 is 0 Å². The molecule has 0 aliphatic carbocycles. The van der Waals surface area contributed by atoms with E-state index in [9.17, 15) is 4.79 Å². The van der Waals surface area contributed by atoms with Gasteiger partial charge in [-0.1, -0.05) is 42.0 Å². The molecule has 0 aromatic heterocycles. The first-order valence-corrected chi connectivity index (χ1v) is 6.61. The molecule has 0 spiro atoms. The number of rotatable bonds is 3. The van der Waals surface area contributed by atoms with Crippen molar-refractivity contribution in [2.75, 3.05) is 0 Å². The number of carbonyl (C=O) groups is 1. The maximum Gasteiger partial charge on any atom is 0.272 e. The van der Waals surface area contributed by atoms with Gasteiger partial charge in [0.25, 0.3) is 5.91 Å². The SMILES string of the molecule is Cc1cccc(/C=N/NC(=O)c2ccccc2Br)c1. The summed E-state index contributed by atoms with van der Waals surface area (Å²) in [6, 6.07) is 15.1. The quantitative estimate of drug-likeness (QED) is 0.683. The molecule has 2 rings (SSSR count). The van der Waals surface area contributed by atoms with Crippen LogP contribution in [0, 0.1) is 6.92 Å². The van der Waals surface area contributed by atoms with Crippen molar-refractivity contribution in [2.24, 2.45) is 5.10 Å². The fraction of sp³-hybridized carbons (Fsp3) is 0.0667. The summed E-state index contributed by atoms with van der Waals surface area (Å²) in [6.45, 7) is 2.01. The largest absolute Gasteiger partial charge is 0.272 e. The maximum absolute atomic E-state index is 11.9. The van der Waals surface area contributed by atoms with Gasteiger partial charge in [0.2, 0.25) is 0 Å². The van der Waals surface area contributed by atoms with E-state index < -0.39 is 0 Å². The Bertz CT molecular complexity index is 623. The lowest BCUT2D eigenvalue weighted by Crippen LogP contribution is -2.18. The maximum atomic E-state index is 11.9. The van der Waals surface area contributed by atoms with Gasteiger partial charge in [-0.25, -0.2) is 5.43 Å². The first kappa shape index (κ1) is 13.5. The number of aryl methyl sites for hydroxylation is 1. The van der Waals surface area contributed by atoms with Crippen molar-refractivity contribution in [3.63, 3.8) is 0 Å². The molecule has 1 N–H and O–H groups in total. The zero-order valence-electron chi connectivity index (χ0n) is 10.4. The molecule has 0 unspecified atom stereocenters. The lowest BCUT2D eigenvalue weighted by atomic mass is 10.2. The van der Waals surface area contributed by atoms with Crippen molar-refractivity contribution in [3.8, 4) is 0 Å². The standard InChI is InChI=1S/C15H13BrN2O/c1-11-5-4-6-12(9-11)10-17-18-15(19)13-7-2-3-8-14(13)16/h2-10H,1H3,(H,18,19)/b17-10+. The molecule has 0 atom stereocenters. The first-order chi connectivity index (χ1) is 9.16. The van der Waals surface area contributed by atoms with Gasteiger partial charge in [-0.15, -0.1) is 0 Å². The summed E-state index contributed by atoms with van der Waals surface area (Å²) in [6.07, 6.45) is 1.63. The molecule has 0 bridgehead atoms. The second-order valence-electron chi connectivity index (χ2n) is 4.09. The summed E-state index contributed by atoms with van der Waals surface area (Å²) in [5, 5.41) is 3.95. The molecule has 0 heterocycles. The molecular formula is C15H13BrN2O. The van der Waals surface area contributed by atoms with Crippen LogP contribution >= 0.6 is 15.9 Å². The predicted molar refractivity (Wildman–Crippen MR) is 80.4 cm³/mol. The molecule has 0 saturated carbocycles. The Morgan fingerprint density at radius 1 is 1.21 bits per heavy atom. The average molecular weight is 317 g/mol. The van der Waals surface area contributed by atoms with Crippen LogP contribution in [-0.4, -0.2) is 12.1 Å². The first-order valence-electron chi connectivity index (χ1n) is 5.81. The molecule has 0 radical (unpaired) electrons. The Kier molecular flexibility index (Phi) is 4.47. The summed E-state index contributed by atoms with van der Waals surface area (Å²) >= 11 is 3.33. The van der Waals surface area contributed by atoms with Gasteiger partial charge in [0, 0.05) is 4.47 Å². The van der Waals surface area contributed by atoms with Crippen molar-refractivity contribution in [1.29, 1.82) is 0 Å². The topological polar surface area (TPSA) is 41.5 Å². The fourth-order valence-corrected chi connectivity index (χ4v) is 2.09. The molecule has 0 fully saturated rings. The Balaban J connectivity index is 2.03. The third kappa shape index (κ3) is 3.76. The van der Waals surface area contributed by atoms with Crippen molar-refractivity contribution in [1.82, 2.24) is 5.43 Å². The summed E-state index contributed by atoms with van der Waals surface area (Å²) in [5.41, 5.74) is 5.17. The van der Waals surface area contributed by atoms with E-state index in [1.54, 1.807) is 12.3 Å². The molecular weight excluding hydrogens is 304 g/mol. The Morgan fingerprint density at radius 3 is 2.74 bits per heavy atom. The molecule has 1 amide bonds. The molecule has 2 aromatic carbocycles. The van der Waals surface area contributed by atoms with Crippen molar-refractivity contribution >= 4 is 28.1 Å². The van der Waals surface area contributed by atoms with Crippen LogP contribution in [0.15, 0.2) is 58.1 Å². The lowest BCUT2D eigenvalue weighted by molar-refractivity contribution is 0.0954. The van der Waals surface area contributed by atoms with Gasteiger partial charge in [0.05, 0.1) is 11.8 Å². The van der Waals surface area contributed by atoms with Crippen molar-refractivity contribution in [3.05, 3.63) is 69.7 Å². The number of nitrogens with one attached hydrogen (secondary N) is 1. The summed E-state index contributed by atoms with van der Waals surface area (Å²) in [7, 11) is 0. The number of hydrogen-bond donors (Lipinski definition) is 1. The van der Waals surface area contributed by atoms with Gasteiger partial charge in [0.15, 0.2) is 0 Å². The van der Waals surface area contributed by atoms with E-state index in [1.165, 1.54) is 0 Å². The van der Waals surface area contributed by atoms with Crippen LogP contribution in [0.5, 0.6) is 0 Å². The minimum absolute atomic E-state index is 0.239. The number of nitrogens with zero attached hydrogens (tertiary/aromatic N) is 1. The highest BCUT2D eigenvalue weighted by atomic mass is 79.9. The van der Waals surface area contributed by atoms with Crippen LogP contribution in [0.1, 0.15) is 21.5 Å². The van der Waals surface area contributed by atoms with Crippen LogP contribution in [0.2, 0.25) is 0 Å². The average Bonchev–Trinajstić information content (AvgIpc) is 2.39. The normalized spacial score (nSPS) is 10.6. The van der Waals surface area contributed by atoms with Gasteiger partial charge in [0.1, 0.15) is 0 Å². The van der Waals surface area contributed by atoms with Gasteiger partial charge >= 0.3 is 0 Å². The molecule has 3 nitrogen and oxygen atoms in total. The molecule has 2 aromatic rings. The van der Waals surface area contributed by atoms with Crippen LogP contribution in [0.25, 0.3) is 0 Å². The van der Waals surface area contributed by atoms with E-state index >= 15 is 0 Å². The van der Waals surface area contributed by atoms with Gasteiger partial charge in [-0.3, -0.25) is 4.79 Å². The molecule has 0 aliphatic heterocycles. The number of benzene rings is 2. The zero-order valence-corrected chi connectivity index (χ0v) is 12.0. The number of halogens is 1. The van der Waals surface area contributed by atoms with Crippen LogP contribution < -0.4 is 5.43 Å². The highest BCUT2D eigenvalue weighted by Crippen LogP contribution is 2.15. The Hall–Kier alpha value is -1.94. The van der Waals surface area contributed by atoms with Crippen molar-refractivity contribution in [2.45, 2.75) is 6.92 Å². The number of amides is 1. The van der Waals surface area contributed by atoms with Crippen LogP contribution in [0.3, 0.4) is 0 Å². The van der Waals surface area contributed by atoms with Crippen LogP contribution in [0.4, 0.5) is 0 Å². The highest BCUT2D eigenvalue weighted by molar-refractivity contribution is 9.10. The van der Waals surface area contributed by atoms with E-state index in [4.69, 9.17) is 0 Å². The van der Waals surface area contributed by atoms with Crippen LogP contribution in [-0.2, 0) is 0 Å². The fourth-order valence-electron chi connectivity index (χ4n) is 1.62. The monoisotopic (exact) mass is 316 g/mol. The smallest absolute Gasteiger partial charge is 0.267 e. The van der Waals surface area contributed by atoms with E-state index in [0.717, 1.165) is 15.6 Å². The zero-order chi connectivity index (χ0) is 13.7. The molecule has 0 saturated heterocycles. The third-order valence-corrected chi connectivity index (χ3v) is 3.23. The summed E-state index contributed by atoms with van der Waals surface area (Å²) in [5.74, 6) is -0.239. The lowest BCUT2D eigenvalue weighted by Gasteiger charge is -2.02. The number of carbonyl (C=O) groups excluding carboxylic acids is 1. The molecule has 19 heavy (non-hydrogen) atoms. The second-order valence-corrected chi connectivity index (χ2v) is 4.95. The molecule has 0 aliphatic rings. The Morgan fingerprint density at radius 2 is 2.00 bits per heavy atom. The van der Waals surface area contributed by atoms with Gasteiger partial charge in [-0.05, 0) is 40.5 Å². The third-order valence-electron chi connectivity index (χ3n) is 2.54. The minimum Gasteiger partial charge on any atom is -0.267 e. The number of hydrazone groups is 1. The predicted octanol–water partition coefficient (Wildman–Crippen LogP) is 3.52.